The highest BCUT2D eigenvalue weighted by atomic mass is 15.2. The van der Waals surface area contributed by atoms with Crippen molar-refractivity contribution in [2.75, 3.05) is 47.9 Å². The van der Waals surface area contributed by atoms with E-state index in [1.54, 1.807) is 0 Å². The summed E-state index contributed by atoms with van der Waals surface area (Å²) in [5.41, 5.74) is 9.92. The Kier molecular flexibility index (Phi) is 11.1. The number of aromatic nitrogens is 3. The van der Waals surface area contributed by atoms with E-state index < -0.39 is 0 Å². The SMILES string of the molecule is CCCCC(CC)CNc1nc(N)nc(NCCCN(C)c2ccc(N=Nc3ccc(C)cc3)cc2)n1. The maximum Gasteiger partial charge on any atom is 0.229 e. The molecule has 9 heteroatoms. The van der Waals surface area contributed by atoms with Crippen LogP contribution < -0.4 is 21.3 Å². The standard InChI is InChI=1S/C28H41N9/c1-5-7-9-22(6-2)20-31-28-33-26(29)32-27(34-28)30-18-8-19-37(4)25-16-14-24(15-17-25)36-35-23-12-10-21(3)11-13-23/h10-17,22H,5-9,18-20H2,1-4H3,(H4,29,30,31,32,33,34). The Morgan fingerprint density at radius 3 is 2.11 bits per heavy atom. The highest BCUT2D eigenvalue weighted by molar-refractivity contribution is 5.52. The first-order valence-electron chi connectivity index (χ1n) is 13.3. The Balaban J connectivity index is 1.43. The number of hydrogen-bond donors (Lipinski definition) is 3. The van der Waals surface area contributed by atoms with Crippen LogP contribution in [0.25, 0.3) is 0 Å². The van der Waals surface area contributed by atoms with Gasteiger partial charge in [-0.1, -0.05) is 50.8 Å². The van der Waals surface area contributed by atoms with Gasteiger partial charge in [-0.25, -0.2) is 0 Å². The minimum absolute atomic E-state index is 0.221. The van der Waals surface area contributed by atoms with Gasteiger partial charge in [-0.2, -0.15) is 25.2 Å². The average Bonchev–Trinajstić information content (AvgIpc) is 2.91. The molecule has 1 aromatic heterocycles. The van der Waals surface area contributed by atoms with Crippen molar-refractivity contribution in [2.45, 2.75) is 52.9 Å². The topological polar surface area (TPSA) is 117 Å². The number of nitrogens with one attached hydrogen (secondary N) is 2. The van der Waals surface area contributed by atoms with Gasteiger partial charge in [-0.05, 0) is 62.1 Å². The summed E-state index contributed by atoms with van der Waals surface area (Å²) in [6.07, 6.45) is 5.70. The van der Waals surface area contributed by atoms with Crippen molar-refractivity contribution in [3.8, 4) is 0 Å². The summed E-state index contributed by atoms with van der Waals surface area (Å²) < 4.78 is 0. The average molecular weight is 504 g/mol. The summed E-state index contributed by atoms with van der Waals surface area (Å²) in [6, 6.07) is 16.1. The molecule has 0 saturated carbocycles. The molecule has 2 aromatic carbocycles. The lowest BCUT2D eigenvalue weighted by atomic mass is 9.99. The number of unbranched alkanes of at least 4 members (excludes halogenated alkanes) is 1. The first-order chi connectivity index (χ1) is 18.0. The fourth-order valence-corrected chi connectivity index (χ4v) is 3.88. The Morgan fingerprint density at radius 2 is 1.49 bits per heavy atom. The number of rotatable bonds is 15. The van der Waals surface area contributed by atoms with E-state index in [1.807, 2.05) is 36.4 Å². The van der Waals surface area contributed by atoms with Crippen molar-refractivity contribution >= 4 is 34.9 Å². The van der Waals surface area contributed by atoms with E-state index in [9.17, 15) is 0 Å². The molecular formula is C28H41N9. The van der Waals surface area contributed by atoms with Gasteiger partial charge in [0.2, 0.25) is 17.8 Å². The van der Waals surface area contributed by atoms with Gasteiger partial charge in [0.1, 0.15) is 0 Å². The van der Waals surface area contributed by atoms with Gasteiger partial charge in [0, 0.05) is 32.4 Å². The lowest BCUT2D eigenvalue weighted by Gasteiger charge is -2.19. The van der Waals surface area contributed by atoms with E-state index in [0.717, 1.165) is 49.5 Å². The molecule has 1 unspecified atom stereocenters. The second kappa shape index (κ2) is 14.7. The largest absolute Gasteiger partial charge is 0.375 e. The van der Waals surface area contributed by atoms with Crippen molar-refractivity contribution in [3.05, 3.63) is 54.1 Å². The first-order valence-corrected chi connectivity index (χ1v) is 13.3. The second-order valence-electron chi connectivity index (χ2n) is 9.39. The first kappa shape index (κ1) is 27.8. The molecule has 0 aliphatic rings. The molecule has 0 spiro atoms. The molecular weight excluding hydrogens is 462 g/mol. The van der Waals surface area contributed by atoms with Gasteiger partial charge < -0.3 is 21.3 Å². The fourth-order valence-electron chi connectivity index (χ4n) is 3.88. The second-order valence-corrected chi connectivity index (χ2v) is 9.39. The molecule has 37 heavy (non-hydrogen) atoms. The van der Waals surface area contributed by atoms with Crippen LogP contribution in [0.15, 0.2) is 58.8 Å². The zero-order valence-corrected chi connectivity index (χ0v) is 22.6. The van der Waals surface area contributed by atoms with Crippen LogP contribution in [0.2, 0.25) is 0 Å². The number of anilines is 4. The molecule has 0 fully saturated rings. The summed E-state index contributed by atoms with van der Waals surface area (Å²) in [5, 5.41) is 15.2. The molecule has 0 radical (unpaired) electrons. The monoisotopic (exact) mass is 503 g/mol. The van der Waals surface area contributed by atoms with Crippen molar-refractivity contribution in [1.82, 2.24) is 15.0 Å². The molecule has 0 bridgehead atoms. The third-order valence-corrected chi connectivity index (χ3v) is 6.30. The van der Waals surface area contributed by atoms with E-state index in [-0.39, 0.29) is 5.95 Å². The highest BCUT2D eigenvalue weighted by Gasteiger charge is 2.09. The molecule has 1 atom stereocenters. The van der Waals surface area contributed by atoms with Crippen LogP contribution in [0, 0.1) is 12.8 Å². The zero-order valence-electron chi connectivity index (χ0n) is 22.6. The molecule has 3 aromatic rings. The molecule has 0 amide bonds. The van der Waals surface area contributed by atoms with Crippen LogP contribution in [0.4, 0.5) is 34.9 Å². The summed E-state index contributed by atoms with van der Waals surface area (Å²) in [6.45, 7) is 8.94. The number of aryl methyl sites for hydroxylation is 1. The van der Waals surface area contributed by atoms with E-state index in [2.05, 4.69) is 80.7 Å². The summed E-state index contributed by atoms with van der Waals surface area (Å²) in [4.78, 5) is 15.2. The molecule has 3 rings (SSSR count). The third kappa shape index (κ3) is 9.67. The van der Waals surface area contributed by atoms with Crippen LogP contribution in [-0.2, 0) is 0 Å². The van der Waals surface area contributed by atoms with Crippen molar-refractivity contribution in [2.24, 2.45) is 16.1 Å². The smallest absolute Gasteiger partial charge is 0.229 e. The third-order valence-electron chi connectivity index (χ3n) is 6.30. The van der Waals surface area contributed by atoms with E-state index in [4.69, 9.17) is 5.73 Å². The fraction of sp³-hybridized carbons (Fsp3) is 0.464. The van der Waals surface area contributed by atoms with Gasteiger partial charge in [0.25, 0.3) is 0 Å². The predicted octanol–water partition coefficient (Wildman–Crippen LogP) is 6.74. The molecule has 9 nitrogen and oxygen atoms in total. The van der Waals surface area contributed by atoms with Crippen molar-refractivity contribution in [3.63, 3.8) is 0 Å². The minimum atomic E-state index is 0.221. The molecule has 1 heterocycles. The van der Waals surface area contributed by atoms with Gasteiger partial charge in [-0.3, -0.25) is 0 Å². The predicted molar refractivity (Wildman–Crippen MR) is 154 cm³/mol. The normalized spacial score (nSPS) is 12.0. The lowest BCUT2D eigenvalue weighted by molar-refractivity contribution is 0.472. The molecule has 0 saturated heterocycles. The van der Waals surface area contributed by atoms with Crippen LogP contribution in [0.1, 0.15) is 51.5 Å². The maximum atomic E-state index is 5.91. The number of benzene rings is 2. The Bertz CT molecular complexity index is 1100. The number of azo groups is 1. The zero-order chi connectivity index (χ0) is 26.5. The molecule has 4 N–H and O–H groups in total. The van der Waals surface area contributed by atoms with Crippen molar-refractivity contribution < 1.29 is 0 Å². The van der Waals surface area contributed by atoms with Gasteiger partial charge in [0.15, 0.2) is 0 Å². The number of nitrogens with two attached hydrogens (primary N) is 1. The Morgan fingerprint density at radius 1 is 0.865 bits per heavy atom. The maximum absolute atomic E-state index is 5.91. The Labute approximate surface area is 221 Å². The van der Waals surface area contributed by atoms with Crippen molar-refractivity contribution in [1.29, 1.82) is 0 Å². The molecule has 0 aliphatic heterocycles. The van der Waals surface area contributed by atoms with Gasteiger partial charge in [0.05, 0.1) is 11.4 Å². The minimum Gasteiger partial charge on any atom is -0.375 e. The quantitative estimate of drug-likeness (QED) is 0.155. The number of hydrogen-bond acceptors (Lipinski definition) is 9. The lowest BCUT2D eigenvalue weighted by Crippen LogP contribution is -2.21. The highest BCUT2D eigenvalue weighted by Crippen LogP contribution is 2.22. The van der Waals surface area contributed by atoms with E-state index >= 15 is 0 Å². The van der Waals surface area contributed by atoms with Crippen LogP contribution >= 0.6 is 0 Å². The van der Waals surface area contributed by atoms with Crippen LogP contribution in [0.5, 0.6) is 0 Å². The van der Waals surface area contributed by atoms with E-state index in [1.165, 1.54) is 24.8 Å². The number of nitrogen functional groups attached to an aromatic ring is 1. The summed E-state index contributed by atoms with van der Waals surface area (Å²) in [7, 11) is 2.08. The summed E-state index contributed by atoms with van der Waals surface area (Å²) in [5.74, 6) is 1.86. The number of nitrogens with zero attached hydrogens (tertiary/aromatic N) is 6. The molecule has 0 aliphatic carbocycles. The van der Waals surface area contributed by atoms with Crippen LogP contribution in [0.3, 0.4) is 0 Å². The van der Waals surface area contributed by atoms with Gasteiger partial charge >= 0.3 is 0 Å². The Hall–Kier alpha value is -3.75. The van der Waals surface area contributed by atoms with Crippen LogP contribution in [-0.4, -0.2) is 41.6 Å². The van der Waals surface area contributed by atoms with E-state index in [0.29, 0.717) is 17.8 Å². The summed E-state index contributed by atoms with van der Waals surface area (Å²) >= 11 is 0. The van der Waals surface area contributed by atoms with Gasteiger partial charge in [-0.15, -0.1) is 0 Å². The molecule has 198 valence electrons.